The van der Waals surface area contributed by atoms with E-state index in [0.717, 1.165) is 23.7 Å². The van der Waals surface area contributed by atoms with Gasteiger partial charge < -0.3 is 10.0 Å². The number of carbonyl (C=O) groups is 1. The smallest absolute Gasteiger partial charge is 0.326 e. The zero-order valence-electron chi connectivity index (χ0n) is 12.0. The van der Waals surface area contributed by atoms with Gasteiger partial charge in [-0.25, -0.2) is 4.39 Å². The van der Waals surface area contributed by atoms with Crippen LogP contribution in [0.2, 0.25) is 0 Å². The standard InChI is InChI=1S/C16H17FN2O2S/c17-12-3-5-13(6-4-12)18-7-9-19(10-8-18)15(16(20)21)14-2-1-11-22-14/h1-6,11,15H,7-10H2,(H,20,21)/t15-/m0/s1. The Bertz CT molecular complexity index is 622. The minimum atomic E-state index is -0.808. The van der Waals surface area contributed by atoms with Gasteiger partial charge in [0.05, 0.1) is 0 Å². The average molecular weight is 320 g/mol. The molecule has 1 N–H and O–H groups in total. The summed E-state index contributed by atoms with van der Waals surface area (Å²) in [7, 11) is 0. The second-order valence-corrected chi connectivity index (χ2v) is 6.23. The molecule has 0 amide bonds. The zero-order valence-corrected chi connectivity index (χ0v) is 12.8. The largest absolute Gasteiger partial charge is 0.480 e. The monoisotopic (exact) mass is 320 g/mol. The maximum Gasteiger partial charge on any atom is 0.326 e. The Balaban J connectivity index is 1.68. The highest BCUT2D eigenvalue weighted by Gasteiger charge is 2.30. The summed E-state index contributed by atoms with van der Waals surface area (Å²) >= 11 is 1.47. The Labute approximate surface area is 132 Å². The second-order valence-electron chi connectivity index (χ2n) is 5.26. The van der Waals surface area contributed by atoms with Crippen LogP contribution in [0.25, 0.3) is 0 Å². The van der Waals surface area contributed by atoms with Crippen molar-refractivity contribution in [1.82, 2.24) is 4.90 Å². The van der Waals surface area contributed by atoms with E-state index in [4.69, 9.17) is 0 Å². The number of thiophene rings is 1. The van der Waals surface area contributed by atoms with E-state index >= 15 is 0 Å². The van der Waals surface area contributed by atoms with Crippen LogP contribution in [0.4, 0.5) is 10.1 Å². The number of nitrogens with zero attached hydrogens (tertiary/aromatic N) is 2. The van der Waals surface area contributed by atoms with E-state index in [9.17, 15) is 14.3 Å². The minimum absolute atomic E-state index is 0.244. The van der Waals surface area contributed by atoms with E-state index in [1.807, 2.05) is 22.4 Å². The van der Waals surface area contributed by atoms with Gasteiger partial charge in [0.2, 0.25) is 0 Å². The fourth-order valence-electron chi connectivity index (χ4n) is 2.79. The van der Waals surface area contributed by atoms with Crippen molar-refractivity contribution in [2.24, 2.45) is 0 Å². The maximum atomic E-state index is 13.0. The summed E-state index contributed by atoms with van der Waals surface area (Å²) in [4.78, 5) is 16.6. The molecule has 1 aromatic carbocycles. The highest BCUT2D eigenvalue weighted by molar-refractivity contribution is 7.10. The number of halogens is 1. The molecule has 1 aliphatic heterocycles. The van der Waals surface area contributed by atoms with E-state index in [1.54, 1.807) is 12.1 Å². The minimum Gasteiger partial charge on any atom is -0.480 e. The Morgan fingerprint density at radius 2 is 1.82 bits per heavy atom. The van der Waals surface area contributed by atoms with Gasteiger partial charge in [-0.15, -0.1) is 11.3 Å². The number of hydrogen-bond donors (Lipinski definition) is 1. The lowest BCUT2D eigenvalue weighted by molar-refractivity contribution is -0.143. The number of rotatable bonds is 4. The van der Waals surface area contributed by atoms with E-state index in [0.29, 0.717) is 13.1 Å². The van der Waals surface area contributed by atoms with Crippen LogP contribution in [0.5, 0.6) is 0 Å². The van der Waals surface area contributed by atoms with Gasteiger partial charge in [-0.1, -0.05) is 6.07 Å². The van der Waals surface area contributed by atoms with Crippen molar-refractivity contribution in [2.45, 2.75) is 6.04 Å². The van der Waals surface area contributed by atoms with Crippen LogP contribution in [-0.2, 0) is 4.79 Å². The molecular formula is C16H17FN2O2S. The lowest BCUT2D eigenvalue weighted by atomic mass is 10.1. The molecule has 1 atom stereocenters. The summed E-state index contributed by atoms with van der Waals surface area (Å²) in [5.41, 5.74) is 0.976. The first kappa shape index (κ1) is 15.0. The third kappa shape index (κ3) is 3.13. The molecule has 0 bridgehead atoms. The zero-order chi connectivity index (χ0) is 15.5. The van der Waals surface area contributed by atoms with Crippen molar-refractivity contribution in [3.05, 3.63) is 52.5 Å². The Kier molecular flexibility index (Phi) is 4.40. The third-order valence-electron chi connectivity index (χ3n) is 3.92. The van der Waals surface area contributed by atoms with Gasteiger partial charge >= 0.3 is 5.97 Å². The molecule has 3 rings (SSSR count). The van der Waals surface area contributed by atoms with Gasteiger partial charge in [0.15, 0.2) is 0 Å². The molecule has 6 heteroatoms. The van der Waals surface area contributed by atoms with Crippen LogP contribution in [-0.4, -0.2) is 42.2 Å². The van der Waals surface area contributed by atoms with Crippen LogP contribution in [0, 0.1) is 5.82 Å². The Hall–Kier alpha value is -1.92. The van der Waals surface area contributed by atoms with Crippen molar-refractivity contribution in [3.8, 4) is 0 Å². The summed E-state index contributed by atoms with van der Waals surface area (Å²) in [5, 5.41) is 11.4. The molecule has 0 spiro atoms. The third-order valence-corrected chi connectivity index (χ3v) is 4.84. The summed E-state index contributed by atoms with van der Waals surface area (Å²) in [5.74, 6) is -1.05. The molecule has 0 radical (unpaired) electrons. The van der Waals surface area contributed by atoms with Gasteiger partial charge in [0.25, 0.3) is 0 Å². The van der Waals surface area contributed by atoms with E-state index < -0.39 is 12.0 Å². The van der Waals surface area contributed by atoms with Crippen LogP contribution in [0.15, 0.2) is 41.8 Å². The van der Waals surface area contributed by atoms with Gasteiger partial charge in [-0.05, 0) is 35.7 Å². The van der Waals surface area contributed by atoms with Gasteiger partial charge in [-0.3, -0.25) is 9.69 Å². The van der Waals surface area contributed by atoms with Crippen molar-refractivity contribution in [3.63, 3.8) is 0 Å². The van der Waals surface area contributed by atoms with E-state index in [1.165, 1.54) is 23.5 Å². The second kappa shape index (κ2) is 6.46. The highest BCUT2D eigenvalue weighted by Crippen LogP contribution is 2.27. The van der Waals surface area contributed by atoms with Gasteiger partial charge in [0, 0.05) is 36.7 Å². The molecule has 0 unspecified atom stereocenters. The first-order valence-corrected chi connectivity index (χ1v) is 8.04. The van der Waals surface area contributed by atoms with Crippen molar-refractivity contribution in [1.29, 1.82) is 0 Å². The maximum absolute atomic E-state index is 13.0. The molecule has 1 saturated heterocycles. The predicted molar refractivity (Wildman–Crippen MR) is 84.9 cm³/mol. The lowest BCUT2D eigenvalue weighted by Crippen LogP contribution is -2.49. The number of piperazine rings is 1. The molecule has 0 aliphatic carbocycles. The fourth-order valence-corrected chi connectivity index (χ4v) is 3.65. The Morgan fingerprint density at radius 3 is 2.36 bits per heavy atom. The van der Waals surface area contributed by atoms with Crippen molar-refractivity contribution < 1.29 is 14.3 Å². The van der Waals surface area contributed by atoms with Gasteiger partial charge in [-0.2, -0.15) is 0 Å². The molecular weight excluding hydrogens is 303 g/mol. The first-order chi connectivity index (χ1) is 10.6. The predicted octanol–water partition coefficient (Wildman–Crippen LogP) is 2.84. The lowest BCUT2D eigenvalue weighted by Gasteiger charge is -2.38. The van der Waals surface area contributed by atoms with E-state index in [-0.39, 0.29) is 5.82 Å². The van der Waals surface area contributed by atoms with Gasteiger partial charge in [0.1, 0.15) is 11.9 Å². The van der Waals surface area contributed by atoms with Crippen molar-refractivity contribution >= 4 is 23.0 Å². The molecule has 1 aliphatic rings. The molecule has 1 aromatic heterocycles. The number of anilines is 1. The molecule has 4 nitrogen and oxygen atoms in total. The van der Waals surface area contributed by atoms with Crippen LogP contribution in [0.3, 0.4) is 0 Å². The summed E-state index contributed by atoms with van der Waals surface area (Å²) in [6.45, 7) is 2.82. The van der Waals surface area contributed by atoms with Crippen LogP contribution < -0.4 is 4.90 Å². The number of aliphatic carboxylic acids is 1. The molecule has 2 aromatic rings. The number of carboxylic acids is 1. The number of carboxylic acid groups (broad SMARTS) is 1. The van der Waals surface area contributed by atoms with Crippen LogP contribution >= 0.6 is 11.3 Å². The highest BCUT2D eigenvalue weighted by atomic mass is 32.1. The quantitative estimate of drug-likeness (QED) is 0.941. The molecule has 0 saturated carbocycles. The molecule has 2 heterocycles. The summed E-state index contributed by atoms with van der Waals surface area (Å²) in [6.07, 6.45) is 0. The summed E-state index contributed by atoms with van der Waals surface area (Å²) < 4.78 is 13.0. The van der Waals surface area contributed by atoms with Crippen LogP contribution in [0.1, 0.15) is 10.9 Å². The van der Waals surface area contributed by atoms with E-state index in [2.05, 4.69) is 4.90 Å². The molecule has 22 heavy (non-hydrogen) atoms. The normalized spacial score (nSPS) is 17.4. The Morgan fingerprint density at radius 1 is 1.14 bits per heavy atom. The topological polar surface area (TPSA) is 43.8 Å². The molecule has 1 fully saturated rings. The van der Waals surface area contributed by atoms with Crippen molar-refractivity contribution in [2.75, 3.05) is 31.1 Å². The summed E-state index contributed by atoms with van der Waals surface area (Å²) in [6, 6.07) is 9.61. The molecule has 116 valence electrons. The number of hydrogen-bond acceptors (Lipinski definition) is 4. The first-order valence-electron chi connectivity index (χ1n) is 7.16. The average Bonchev–Trinajstić information content (AvgIpc) is 3.03. The fraction of sp³-hybridized carbons (Fsp3) is 0.312. The SMILES string of the molecule is O=C(O)[C@H](c1cccs1)N1CCN(c2ccc(F)cc2)CC1. The number of benzene rings is 1.